The molecule has 0 aromatic heterocycles. The van der Waals surface area contributed by atoms with Gasteiger partial charge in [-0.25, -0.2) is 0 Å². The minimum absolute atomic E-state index is 0.00951. The largest absolute Gasteiger partial charge is 0.396 e. The van der Waals surface area contributed by atoms with Crippen LogP contribution in [0, 0.1) is 5.92 Å². The molecule has 108 heavy (non-hydrogen) atoms. The smallest absolute Gasteiger partial charge is 0.330 e. The number of aliphatic hydroxyl groups is 10. The maximum absolute atomic E-state index is 14.8. The average Bonchev–Trinajstić information content (AvgIpc) is 0.820. The molecule has 4 rings (SSSR count). The van der Waals surface area contributed by atoms with Crippen molar-refractivity contribution in [3.63, 3.8) is 0 Å². The summed E-state index contributed by atoms with van der Waals surface area (Å²) in [4.78, 5) is 129. The fourth-order valence-corrected chi connectivity index (χ4v) is 12.8. The Balaban J connectivity index is 1.48. The number of carbonyl (C=O) groups excluding carboxylic acids is 9. The average molecular weight is 1570 g/mol. The Morgan fingerprint density at radius 3 is 1.20 bits per heavy atom. The van der Waals surface area contributed by atoms with E-state index < -0.39 is 190 Å². The van der Waals surface area contributed by atoms with Gasteiger partial charge in [-0.3, -0.25) is 47.7 Å². The third kappa shape index (κ3) is 33.9. The molecule has 618 valence electrons. The maximum atomic E-state index is 14.8. The molecular formula is C70H120N9O28P. The number of hydrogen-bond acceptors (Lipinski definition) is 27. The molecule has 3 aliphatic rings. The van der Waals surface area contributed by atoms with Gasteiger partial charge in [-0.15, -0.1) is 0 Å². The van der Waals surface area contributed by atoms with Crippen LogP contribution in [0.3, 0.4) is 0 Å². The summed E-state index contributed by atoms with van der Waals surface area (Å²) >= 11 is 0. The maximum Gasteiger partial charge on any atom is 0.330 e. The highest BCUT2D eigenvalue weighted by Crippen LogP contribution is 2.47. The number of hydrogen-bond donors (Lipinski definition) is 20. The van der Waals surface area contributed by atoms with Crippen molar-refractivity contribution >= 4 is 60.8 Å². The van der Waals surface area contributed by atoms with Gasteiger partial charge in [0.2, 0.25) is 53.2 Å². The number of unbranched alkanes of at least 4 members (excludes halogenated alkanes) is 6. The van der Waals surface area contributed by atoms with Gasteiger partial charge in [0, 0.05) is 98.4 Å². The molecule has 3 heterocycles. The van der Waals surface area contributed by atoms with Crippen LogP contribution in [0.1, 0.15) is 156 Å². The van der Waals surface area contributed by atoms with Crippen molar-refractivity contribution in [3.8, 4) is 0 Å². The van der Waals surface area contributed by atoms with Gasteiger partial charge >= 0.3 is 7.60 Å². The van der Waals surface area contributed by atoms with Crippen molar-refractivity contribution in [2.75, 3.05) is 72.5 Å². The summed E-state index contributed by atoms with van der Waals surface area (Å²) in [7, 11) is -3.89. The van der Waals surface area contributed by atoms with E-state index in [9.17, 15) is 104 Å². The quantitative estimate of drug-likeness (QED) is 0.0219. The Bertz CT molecular complexity index is 2920. The van der Waals surface area contributed by atoms with Crippen LogP contribution in [0.4, 0.5) is 0 Å². The minimum Gasteiger partial charge on any atom is -0.396 e. The Morgan fingerprint density at radius 1 is 0.454 bits per heavy atom. The second-order valence-electron chi connectivity index (χ2n) is 27.7. The highest BCUT2D eigenvalue weighted by molar-refractivity contribution is 7.53. The van der Waals surface area contributed by atoms with Crippen molar-refractivity contribution in [2.45, 2.75) is 272 Å². The SMILES string of the molecule is CC(=O)NC1C(O)[C@@H](O)C(CO)O[C@H]1OCCCCC(=O)NCCCC[C@H](NC(=O)CCCCO[C@@H]1OC(CO)[C@H](O)C(O)C1NC(C)=O)C(=O)N[C@@H](CCCCNC(=O)CCCCO[C@@H]1OC(CO)[C@H](O)C(O)C1NC(C)=O)C(=O)N[C@@H](Cc1ccccc1)C(=O)NCCCCC(CO)COP(=O)(O)C(C)C. The molecule has 9 amide bonds. The highest BCUT2D eigenvalue weighted by atomic mass is 31.2. The zero-order valence-electron chi connectivity index (χ0n) is 62.5. The molecule has 0 bridgehead atoms. The number of amides is 9. The number of ether oxygens (including phenoxy) is 6. The van der Waals surface area contributed by atoms with Gasteiger partial charge in [0.05, 0.1) is 32.1 Å². The molecule has 3 aliphatic heterocycles. The third-order valence-electron chi connectivity index (χ3n) is 18.4. The molecule has 3 fully saturated rings. The first-order valence-corrected chi connectivity index (χ1v) is 39.0. The van der Waals surface area contributed by atoms with Crippen LogP contribution in [-0.2, 0) is 87.1 Å². The molecule has 1 aromatic carbocycles. The van der Waals surface area contributed by atoms with Crippen LogP contribution in [0.15, 0.2) is 30.3 Å². The van der Waals surface area contributed by atoms with E-state index in [-0.39, 0.29) is 129 Å². The summed E-state index contributed by atoms with van der Waals surface area (Å²) in [5, 5.41) is 126. The second kappa shape index (κ2) is 50.8. The van der Waals surface area contributed by atoms with E-state index >= 15 is 0 Å². The highest BCUT2D eigenvalue weighted by Gasteiger charge is 2.48. The zero-order valence-corrected chi connectivity index (χ0v) is 63.3. The molecule has 37 nitrogen and oxygen atoms in total. The van der Waals surface area contributed by atoms with E-state index in [2.05, 4.69) is 47.9 Å². The van der Waals surface area contributed by atoms with Crippen molar-refractivity contribution in [1.82, 2.24) is 47.9 Å². The molecule has 0 saturated carbocycles. The number of aliphatic hydroxyl groups excluding tert-OH is 10. The van der Waals surface area contributed by atoms with E-state index in [1.54, 1.807) is 44.2 Å². The first kappa shape index (κ1) is 94.3. The summed E-state index contributed by atoms with van der Waals surface area (Å²) in [5.41, 5.74) is 0.0315. The van der Waals surface area contributed by atoms with Crippen LogP contribution in [-0.4, -0.2) is 297 Å². The first-order chi connectivity index (χ1) is 51.4. The van der Waals surface area contributed by atoms with E-state index in [4.69, 9.17) is 32.9 Å². The Labute approximate surface area is 629 Å². The molecule has 20 atom stereocenters. The summed E-state index contributed by atoms with van der Waals surface area (Å²) in [5.74, 6) is -5.41. The Morgan fingerprint density at radius 2 is 0.824 bits per heavy atom. The van der Waals surface area contributed by atoms with Gasteiger partial charge in [0.15, 0.2) is 18.9 Å². The van der Waals surface area contributed by atoms with Crippen LogP contribution in [0.25, 0.3) is 0 Å². The monoisotopic (exact) mass is 1570 g/mol. The third-order valence-corrected chi connectivity index (χ3v) is 20.2. The van der Waals surface area contributed by atoms with Gasteiger partial charge in [-0.05, 0) is 95.5 Å². The molecule has 0 aliphatic carbocycles. The predicted octanol–water partition coefficient (Wildman–Crippen LogP) is -3.85. The summed E-state index contributed by atoms with van der Waals surface area (Å²) < 4.78 is 51.8. The lowest BCUT2D eigenvalue weighted by atomic mass is 9.97. The predicted molar refractivity (Wildman–Crippen MR) is 384 cm³/mol. The van der Waals surface area contributed by atoms with Gasteiger partial charge < -0.3 is 137 Å². The normalized spacial score (nSPS) is 25.9. The fourth-order valence-electron chi connectivity index (χ4n) is 12.1. The summed E-state index contributed by atoms with van der Waals surface area (Å²) in [6.07, 6.45) is -12.5. The standard InChI is InChI=1S/C70H120N9O28P/c1-41(2)108(99,100)104-40-46(36-80)23-9-15-31-73-65(96)49(35-45-21-7-6-8-22-45)79-67(98)48(25-11-17-30-72-54(88)27-13-19-33-102-69-57(75-43(4)85)63(94)60(91)51(38-82)106-69)78-66(97)47(77-55(89)28-14-20-34-103-70-58(76-44(5)86)64(95)61(92)52(39-83)107-70)24-10-16-29-71-53(87)26-12-18-32-101-68-56(74-42(3)84)62(93)59(90)50(37-81)105-68/h6-8,21-22,41,46-52,56-64,68-70,80-83,90-95H,9-20,23-40H2,1-5H3,(H,71,87)(H,72,88)(H,73,96)(H,74,84)(H,75,85)(H,76,86)(H,77,89)(H,78,97)(H,79,98)(H,99,100)/t46?,47-,48-,49-,50?,51?,52?,56?,57?,58?,59-,60-,61-,62?,63?,64?,68+,69+,70+/m0/s1. The van der Waals surface area contributed by atoms with E-state index in [0.29, 0.717) is 63.4 Å². The van der Waals surface area contributed by atoms with E-state index in [0.717, 1.165) is 0 Å². The number of nitrogens with one attached hydrogen (secondary N) is 9. The molecule has 0 radical (unpaired) electrons. The first-order valence-electron chi connectivity index (χ1n) is 37.3. The molecule has 0 spiro atoms. The molecule has 3 saturated heterocycles. The lowest BCUT2D eigenvalue weighted by Gasteiger charge is -2.42. The van der Waals surface area contributed by atoms with Gasteiger partial charge in [-0.2, -0.15) is 0 Å². The van der Waals surface area contributed by atoms with Crippen molar-refractivity contribution in [1.29, 1.82) is 0 Å². The molecule has 11 unspecified atom stereocenters. The minimum atomic E-state index is -3.89. The van der Waals surface area contributed by atoms with Crippen LogP contribution >= 0.6 is 7.60 Å². The number of benzene rings is 1. The summed E-state index contributed by atoms with van der Waals surface area (Å²) in [6, 6.07) is 1.48. The van der Waals surface area contributed by atoms with Gasteiger partial charge in [-0.1, -0.05) is 50.6 Å². The number of carbonyl (C=O) groups is 9. The Hall–Kier alpha value is -6.04. The van der Waals surface area contributed by atoms with Gasteiger partial charge in [0.1, 0.15) is 91.2 Å². The van der Waals surface area contributed by atoms with Crippen molar-refractivity contribution in [3.05, 3.63) is 35.9 Å². The topological polar surface area (TPSA) is 566 Å². The van der Waals surface area contributed by atoms with Crippen molar-refractivity contribution < 1.29 is 137 Å². The van der Waals surface area contributed by atoms with Crippen LogP contribution < -0.4 is 47.9 Å². The molecule has 20 N–H and O–H groups in total. The molecule has 1 aromatic rings. The lowest BCUT2D eigenvalue weighted by Crippen LogP contribution is -2.64. The molecule has 38 heteroatoms. The van der Waals surface area contributed by atoms with E-state index in [1.807, 2.05) is 0 Å². The van der Waals surface area contributed by atoms with Crippen LogP contribution in [0.2, 0.25) is 0 Å². The fraction of sp³-hybridized carbons (Fsp3) is 0.786. The van der Waals surface area contributed by atoms with Gasteiger partial charge in [0.25, 0.3) is 0 Å². The zero-order chi connectivity index (χ0) is 79.9. The van der Waals surface area contributed by atoms with Crippen LogP contribution in [0.5, 0.6) is 0 Å². The number of rotatable bonds is 52. The second-order valence-corrected chi connectivity index (χ2v) is 30.1. The van der Waals surface area contributed by atoms with E-state index in [1.165, 1.54) is 20.8 Å². The molecular weight excluding hydrogens is 1450 g/mol. The summed E-state index contributed by atoms with van der Waals surface area (Å²) in [6.45, 7) is 4.68. The van der Waals surface area contributed by atoms with Crippen molar-refractivity contribution in [2.24, 2.45) is 5.92 Å². The lowest BCUT2D eigenvalue weighted by molar-refractivity contribution is -0.270. The Kier molecular flexibility index (Phi) is 44.3.